The smallest absolute Gasteiger partial charge is 0.0752 e. The van der Waals surface area contributed by atoms with Crippen molar-refractivity contribution in [2.45, 2.75) is 39.7 Å². The Bertz CT molecular complexity index is 158. The molecule has 0 spiro atoms. The summed E-state index contributed by atoms with van der Waals surface area (Å²) in [5.74, 6) is 0.665. The Morgan fingerprint density at radius 2 is 2.00 bits per heavy atom. The van der Waals surface area contributed by atoms with Crippen molar-refractivity contribution >= 4 is 0 Å². The van der Waals surface area contributed by atoms with Crippen LogP contribution in [-0.4, -0.2) is 11.2 Å². The van der Waals surface area contributed by atoms with Gasteiger partial charge in [0.1, 0.15) is 0 Å². The van der Waals surface area contributed by atoms with E-state index in [4.69, 9.17) is 0 Å². The zero-order valence-corrected chi connectivity index (χ0v) is 7.02. The van der Waals surface area contributed by atoms with E-state index in [-0.39, 0.29) is 6.10 Å². The zero-order chi connectivity index (χ0) is 7.72. The standard InChI is InChI=1S/C9H16O/c1-6-4-7(2)8(3)9(10)5-6/h6,9-10H,4-5H2,1-3H3. The average molecular weight is 140 g/mol. The van der Waals surface area contributed by atoms with Crippen molar-refractivity contribution < 1.29 is 5.11 Å². The topological polar surface area (TPSA) is 20.2 Å². The predicted molar refractivity (Wildman–Crippen MR) is 42.8 cm³/mol. The molecule has 1 rings (SSSR count). The number of rotatable bonds is 0. The fourth-order valence-corrected chi connectivity index (χ4v) is 1.61. The Labute approximate surface area is 62.8 Å². The van der Waals surface area contributed by atoms with Gasteiger partial charge in [-0.25, -0.2) is 0 Å². The lowest BCUT2D eigenvalue weighted by molar-refractivity contribution is 0.167. The quantitative estimate of drug-likeness (QED) is 0.511. The molecule has 0 amide bonds. The van der Waals surface area contributed by atoms with Gasteiger partial charge in [-0.05, 0) is 38.2 Å². The molecule has 2 unspecified atom stereocenters. The van der Waals surface area contributed by atoms with E-state index in [0.29, 0.717) is 5.92 Å². The number of aliphatic hydroxyl groups is 1. The summed E-state index contributed by atoms with van der Waals surface area (Å²) in [6.45, 7) is 6.35. The van der Waals surface area contributed by atoms with Crippen LogP contribution in [0.5, 0.6) is 0 Å². The summed E-state index contributed by atoms with van der Waals surface area (Å²) < 4.78 is 0. The molecule has 1 heteroatoms. The minimum Gasteiger partial charge on any atom is -0.389 e. The van der Waals surface area contributed by atoms with Crippen LogP contribution in [0.2, 0.25) is 0 Å². The molecule has 0 aromatic carbocycles. The molecule has 0 saturated heterocycles. The van der Waals surface area contributed by atoms with E-state index < -0.39 is 0 Å². The van der Waals surface area contributed by atoms with Gasteiger partial charge < -0.3 is 5.11 Å². The van der Waals surface area contributed by atoms with Crippen LogP contribution < -0.4 is 0 Å². The maximum absolute atomic E-state index is 9.46. The van der Waals surface area contributed by atoms with Crippen LogP contribution in [0.1, 0.15) is 33.6 Å². The monoisotopic (exact) mass is 140 g/mol. The van der Waals surface area contributed by atoms with E-state index >= 15 is 0 Å². The first-order chi connectivity index (χ1) is 4.61. The second-order valence-electron chi connectivity index (χ2n) is 3.52. The van der Waals surface area contributed by atoms with Crippen molar-refractivity contribution in [3.05, 3.63) is 11.1 Å². The molecule has 0 heterocycles. The van der Waals surface area contributed by atoms with Gasteiger partial charge in [0.15, 0.2) is 0 Å². The third-order valence-electron chi connectivity index (χ3n) is 2.45. The van der Waals surface area contributed by atoms with Gasteiger partial charge in [-0.1, -0.05) is 12.5 Å². The van der Waals surface area contributed by atoms with Crippen LogP contribution in [0.4, 0.5) is 0 Å². The molecular formula is C9H16O. The Hall–Kier alpha value is -0.300. The van der Waals surface area contributed by atoms with Gasteiger partial charge >= 0.3 is 0 Å². The van der Waals surface area contributed by atoms with Crippen molar-refractivity contribution in [2.75, 3.05) is 0 Å². The number of hydrogen-bond acceptors (Lipinski definition) is 1. The maximum Gasteiger partial charge on any atom is 0.0752 e. The van der Waals surface area contributed by atoms with Gasteiger partial charge in [-0.3, -0.25) is 0 Å². The highest BCUT2D eigenvalue weighted by molar-refractivity contribution is 5.17. The molecule has 0 saturated carbocycles. The molecule has 0 aliphatic heterocycles. The van der Waals surface area contributed by atoms with Crippen molar-refractivity contribution in [1.82, 2.24) is 0 Å². The van der Waals surface area contributed by atoms with Crippen molar-refractivity contribution in [3.63, 3.8) is 0 Å². The summed E-state index contributed by atoms with van der Waals surface area (Å²) in [5.41, 5.74) is 2.57. The van der Waals surface area contributed by atoms with Crippen LogP contribution >= 0.6 is 0 Å². The maximum atomic E-state index is 9.46. The molecule has 0 fully saturated rings. The number of hydrogen-bond donors (Lipinski definition) is 1. The first-order valence-electron chi connectivity index (χ1n) is 3.95. The second kappa shape index (κ2) is 2.75. The summed E-state index contributed by atoms with van der Waals surface area (Å²) in [6, 6.07) is 0. The molecule has 2 atom stereocenters. The van der Waals surface area contributed by atoms with E-state index in [1.807, 2.05) is 6.92 Å². The molecule has 58 valence electrons. The normalized spacial score (nSPS) is 34.8. The minimum atomic E-state index is -0.163. The number of allylic oxidation sites excluding steroid dienone is 1. The molecule has 1 N–H and O–H groups in total. The highest BCUT2D eigenvalue weighted by atomic mass is 16.3. The third kappa shape index (κ3) is 1.40. The summed E-state index contributed by atoms with van der Waals surface area (Å²) in [4.78, 5) is 0. The van der Waals surface area contributed by atoms with Gasteiger partial charge in [0.2, 0.25) is 0 Å². The lowest BCUT2D eigenvalue weighted by Gasteiger charge is -2.25. The molecule has 0 radical (unpaired) electrons. The Morgan fingerprint density at radius 3 is 2.50 bits per heavy atom. The van der Waals surface area contributed by atoms with E-state index in [0.717, 1.165) is 6.42 Å². The van der Waals surface area contributed by atoms with Gasteiger partial charge in [0.05, 0.1) is 6.10 Å². The van der Waals surface area contributed by atoms with E-state index in [1.165, 1.54) is 17.6 Å². The summed E-state index contributed by atoms with van der Waals surface area (Å²) in [5, 5.41) is 9.46. The summed E-state index contributed by atoms with van der Waals surface area (Å²) in [6.07, 6.45) is 1.95. The van der Waals surface area contributed by atoms with Gasteiger partial charge in [-0.2, -0.15) is 0 Å². The van der Waals surface area contributed by atoms with Gasteiger partial charge in [0, 0.05) is 0 Å². The zero-order valence-electron chi connectivity index (χ0n) is 7.02. The minimum absolute atomic E-state index is 0.163. The lowest BCUT2D eigenvalue weighted by atomic mass is 9.84. The van der Waals surface area contributed by atoms with Crippen LogP contribution in [0, 0.1) is 5.92 Å². The fraction of sp³-hybridized carbons (Fsp3) is 0.778. The average Bonchev–Trinajstić information content (AvgIpc) is 1.82. The van der Waals surface area contributed by atoms with Gasteiger partial charge in [-0.15, -0.1) is 0 Å². The largest absolute Gasteiger partial charge is 0.389 e. The molecule has 0 aromatic rings. The van der Waals surface area contributed by atoms with Crippen molar-refractivity contribution in [3.8, 4) is 0 Å². The summed E-state index contributed by atoms with van der Waals surface area (Å²) in [7, 11) is 0. The van der Waals surface area contributed by atoms with Crippen molar-refractivity contribution in [1.29, 1.82) is 0 Å². The molecule has 1 aliphatic rings. The third-order valence-corrected chi connectivity index (χ3v) is 2.45. The molecule has 0 bridgehead atoms. The number of aliphatic hydroxyl groups excluding tert-OH is 1. The SMILES string of the molecule is CC1=C(C)C(O)CC(C)C1. The van der Waals surface area contributed by atoms with Crippen LogP contribution in [0.15, 0.2) is 11.1 Å². The van der Waals surface area contributed by atoms with E-state index in [1.54, 1.807) is 0 Å². The summed E-state index contributed by atoms with van der Waals surface area (Å²) >= 11 is 0. The predicted octanol–water partition coefficient (Wildman–Crippen LogP) is 2.11. The lowest BCUT2D eigenvalue weighted by Crippen LogP contribution is -2.19. The highest BCUT2D eigenvalue weighted by Crippen LogP contribution is 2.28. The molecule has 1 nitrogen and oxygen atoms in total. The van der Waals surface area contributed by atoms with Gasteiger partial charge in [0.25, 0.3) is 0 Å². The molecule has 10 heavy (non-hydrogen) atoms. The first kappa shape index (κ1) is 7.80. The van der Waals surface area contributed by atoms with Crippen LogP contribution in [0.3, 0.4) is 0 Å². The Morgan fingerprint density at radius 1 is 1.40 bits per heavy atom. The van der Waals surface area contributed by atoms with Crippen molar-refractivity contribution in [2.24, 2.45) is 5.92 Å². The molecular weight excluding hydrogens is 124 g/mol. The molecule has 0 aromatic heterocycles. The van der Waals surface area contributed by atoms with E-state index in [2.05, 4.69) is 13.8 Å². The second-order valence-corrected chi connectivity index (χ2v) is 3.52. The van der Waals surface area contributed by atoms with Crippen LogP contribution in [0.25, 0.3) is 0 Å². The van der Waals surface area contributed by atoms with Crippen LogP contribution in [-0.2, 0) is 0 Å². The molecule has 1 aliphatic carbocycles. The first-order valence-corrected chi connectivity index (χ1v) is 3.95. The Balaban J connectivity index is 2.74. The van der Waals surface area contributed by atoms with E-state index in [9.17, 15) is 5.11 Å². The fourth-order valence-electron chi connectivity index (χ4n) is 1.61. The Kier molecular flexibility index (Phi) is 2.14. The highest BCUT2D eigenvalue weighted by Gasteiger charge is 2.19.